The molecule has 0 bridgehead atoms. The van der Waals surface area contributed by atoms with Crippen molar-refractivity contribution >= 4 is 16.8 Å². The third-order valence-corrected chi connectivity index (χ3v) is 4.06. The van der Waals surface area contributed by atoms with Crippen molar-refractivity contribution in [3.05, 3.63) is 71.2 Å². The normalized spacial score (nSPS) is 12.1. The summed E-state index contributed by atoms with van der Waals surface area (Å²) in [5, 5.41) is 3.98. The van der Waals surface area contributed by atoms with E-state index in [0.717, 1.165) is 34.1 Å². The fourth-order valence-corrected chi connectivity index (χ4v) is 2.93. The maximum Gasteiger partial charge on any atom is 0.252 e. The number of aryl methyl sites for hydroxylation is 2. The van der Waals surface area contributed by atoms with E-state index < -0.39 is 0 Å². The van der Waals surface area contributed by atoms with Crippen LogP contribution >= 0.6 is 0 Å². The molecule has 1 aromatic carbocycles. The van der Waals surface area contributed by atoms with Crippen molar-refractivity contribution in [2.45, 2.75) is 33.2 Å². The predicted molar refractivity (Wildman–Crippen MR) is 96.1 cm³/mol. The number of carbonyl (C=O) groups excluding carboxylic acids is 1. The lowest BCUT2D eigenvalue weighted by atomic mass is 10.0. The number of amides is 1. The highest BCUT2D eigenvalue weighted by molar-refractivity contribution is 6.06. The van der Waals surface area contributed by atoms with E-state index in [1.807, 2.05) is 63.4 Å². The minimum absolute atomic E-state index is 0.0232. The summed E-state index contributed by atoms with van der Waals surface area (Å²) in [6.45, 7) is 5.94. The molecule has 0 aliphatic carbocycles. The van der Waals surface area contributed by atoms with Gasteiger partial charge in [0.25, 0.3) is 5.91 Å². The Morgan fingerprint density at radius 1 is 1.21 bits per heavy atom. The van der Waals surface area contributed by atoms with Gasteiger partial charge in [-0.15, -0.1) is 0 Å². The zero-order valence-electron chi connectivity index (χ0n) is 14.2. The summed E-state index contributed by atoms with van der Waals surface area (Å²) in [6.07, 6.45) is 4.33. The van der Waals surface area contributed by atoms with Gasteiger partial charge in [-0.1, -0.05) is 24.3 Å². The van der Waals surface area contributed by atoms with E-state index in [-0.39, 0.29) is 11.9 Å². The number of hydrogen-bond donors (Lipinski definition) is 1. The van der Waals surface area contributed by atoms with Gasteiger partial charge in [-0.25, -0.2) is 0 Å². The minimum atomic E-state index is -0.0625. The van der Waals surface area contributed by atoms with Crippen molar-refractivity contribution < 1.29 is 4.79 Å². The van der Waals surface area contributed by atoms with Crippen molar-refractivity contribution in [3.63, 3.8) is 0 Å². The van der Waals surface area contributed by atoms with Crippen molar-refractivity contribution in [2.75, 3.05) is 0 Å². The average Bonchev–Trinajstić information content (AvgIpc) is 2.56. The molecular weight excluding hydrogens is 298 g/mol. The Balaban J connectivity index is 1.85. The second-order valence-electron chi connectivity index (χ2n) is 6.22. The summed E-state index contributed by atoms with van der Waals surface area (Å²) in [5.41, 5.74) is 4.61. The maximum absolute atomic E-state index is 12.8. The molecule has 4 nitrogen and oxygen atoms in total. The second-order valence-corrected chi connectivity index (χ2v) is 6.22. The third kappa shape index (κ3) is 3.43. The molecule has 1 N–H and O–H groups in total. The van der Waals surface area contributed by atoms with Gasteiger partial charge in [0.05, 0.1) is 11.1 Å². The van der Waals surface area contributed by atoms with Crippen LogP contribution in [0.5, 0.6) is 0 Å². The molecule has 3 aromatic rings. The van der Waals surface area contributed by atoms with Crippen molar-refractivity contribution in [1.29, 1.82) is 0 Å². The Bertz CT molecular complexity index is 875. The Labute approximate surface area is 142 Å². The zero-order chi connectivity index (χ0) is 17.1. The van der Waals surface area contributed by atoms with Crippen LogP contribution in [0.1, 0.15) is 34.1 Å². The van der Waals surface area contributed by atoms with Crippen LogP contribution in [0, 0.1) is 13.8 Å². The largest absolute Gasteiger partial charge is 0.349 e. The topological polar surface area (TPSA) is 54.9 Å². The Morgan fingerprint density at radius 2 is 2.04 bits per heavy atom. The molecule has 0 aliphatic rings. The third-order valence-electron chi connectivity index (χ3n) is 4.06. The van der Waals surface area contributed by atoms with E-state index in [1.54, 1.807) is 6.20 Å². The molecule has 0 unspecified atom stereocenters. The fraction of sp³-hybridized carbons (Fsp3) is 0.250. The van der Waals surface area contributed by atoms with Gasteiger partial charge >= 0.3 is 0 Å². The first-order valence-electron chi connectivity index (χ1n) is 8.11. The maximum atomic E-state index is 12.8. The number of hydrogen-bond acceptors (Lipinski definition) is 3. The molecule has 0 saturated heterocycles. The van der Waals surface area contributed by atoms with Crippen LogP contribution in [0.2, 0.25) is 0 Å². The first-order chi connectivity index (χ1) is 11.5. The number of para-hydroxylation sites is 1. The molecule has 0 spiro atoms. The molecule has 0 radical (unpaired) electrons. The average molecular weight is 319 g/mol. The van der Waals surface area contributed by atoms with Gasteiger partial charge in [0.1, 0.15) is 0 Å². The van der Waals surface area contributed by atoms with Gasteiger partial charge < -0.3 is 5.32 Å². The molecule has 122 valence electrons. The molecule has 1 amide bonds. The molecule has 24 heavy (non-hydrogen) atoms. The number of rotatable bonds is 4. The molecule has 0 aliphatic heterocycles. The van der Waals surface area contributed by atoms with Crippen molar-refractivity contribution in [3.8, 4) is 0 Å². The zero-order valence-corrected chi connectivity index (χ0v) is 14.2. The molecule has 1 atom stereocenters. The summed E-state index contributed by atoms with van der Waals surface area (Å²) in [7, 11) is 0. The quantitative estimate of drug-likeness (QED) is 0.799. The highest BCUT2D eigenvalue weighted by atomic mass is 16.1. The first kappa shape index (κ1) is 16.1. The van der Waals surface area contributed by atoms with Gasteiger partial charge in [-0.3, -0.25) is 14.8 Å². The van der Waals surface area contributed by atoms with Gasteiger partial charge in [-0.2, -0.15) is 0 Å². The highest BCUT2D eigenvalue weighted by Gasteiger charge is 2.15. The van der Waals surface area contributed by atoms with E-state index in [2.05, 4.69) is 15.3 Å². The Hall–Kier alpha value is -2.75. The number of nitrogens with zero attached hydrogens (tertiary/aromatic N) is 2. The second kappa shape index (κ2) is 6.79. The number of nitrogens with one attached hydrogen (secondary N) is 1. The van der Waals surface area contributed by atoms with Crippen LogP contribution in [-0.4, -0.2) is 21.9 Å². The molecule has 2 heterocycles. The molecule has 3 rings (SSSR count). The van der Waals surface area contributed by atoms with Crippen LogP contribution in [0.3, 0.4) is 0 Å². The summed E-state index contributed by atoms with van der Waals surface area (Å²) >= 11 is 0. The van der Waals surface area contributed by atoms with E-state index >= 15 is 0 Å². The minimum Gasteiger partial charge on any atom is -0.349 e. The first-order valence-corrected chi connectivity index (χ1v) is 8.11. The molecule has 0 fully saturated rings. The van der Waals surface area contributed by atoms with E-state index in [4.69, 9.17) is 0 Å². The fourth-order valence-electron chi connectivity index (χ4n) is 2.93. The standard InChI is InChI=1S/C20H21N3O/c1-13-6-4-8-17-18(11-15(3)22-19(13)17)20(24)23-14(2)10-16-7-5-9-21-12-16/h4-9,11-12,14H,10H2,1-3H3,(H,23,24)/t14-/m1/s1. The van der Waals surface area contributed by atoms with Crippen LogP contribution in [0.4, 0.5) is 0 Å². The summed E-state index contributed by atoms with van der Waals surface area (Å²) in [4.78, 5) is 21.5. The summed E-state index contributed by atoms with van der Waals surface area (Å²) in [5.74, 6) is -0.0625. The van der Waals surface area contributed by atoms with Crippen molar-refractivity contribution in [1.82, 2.24) is 15.3 Å². The lowest BCUT2D eigenvalue weighted by molar-refractivity contribution is 0.0941. The lowest BCUT2D eigenvalue weighted by Gasteiger charge is -2.15. The van der Waals surface area contributed by atoms with Gasteiger partial charge in [0, 0.05) is 29.5 Å². The van der Waals surface area contributed by atoms with E-state index in [9.17, 15) is 4.79 Å². The van der Waals surface area contributed by atoms with Crippen LogP contribution in [0.15, 0.2) is 48.8 Å². The smallest absolute Gasteiger partial charge is 0.252 e. The van der Waals surface area contributed by atoms with Crippen molar-refractivity contribution in [2.24, 2.45) is 0 Å². The summed E-state index contributed by atoms with van der Waals surface area (Å²) < 4.78 is 0. The molecular formula is C20H21N3O. The van der Waals surface area contributed by atoms with Gasteiger partial charge in [-0.05, 0) is 50.5 Å². The van der Waals surface area contributed by atoms with Crippen LogP contribution in [-0.2, 0) is 6.42 Å². The Kier molecular flexibility index (Phi) is 4.56. The van der Waals surface area contributed by atoms with E-state index in [0.29, 0.717) is 5.56 Å². The summed E-state index contributed by atoms with van der Waals surface area (Å²) in [6, 6.07) is 11.7. The number of carbonyl (C=O) groups is 1. The van der Waals surface area contributed by atoms with E-state index in [1.165, 1.54) is 0 Å². The van der Waals surface area contributed by atoms with Crippen LogP contribution in [0.25, 0.3) is 10.9 Å². The van der Waals surface area contributed by atoms with Gasteiger partial charge in [0.2, 0.25) is 0 Å². The predicted octanol–water partition coefficient (Wildman–Crippen LogP) is 3.61. The molecule has 0 saturated carbocycles. The highest BCUT2D eigenvalue weighted by Crippen LogP contribution is 2.21. The molecule has 4 heteroatoms. The van der Waals surface area contributed by atoms with Crippen LogP contribution < -0.4 is 5.32 Å². The number of aromatic nitrogens is 2. The number of benzene rings is 1. The lowest BCUT2D eigenvalue weighted by Crippen LogP contribution is -2.34. The Morgan fingerprint density at radius 3 is 2.79 bits per heavy atom. The number of pyridine rings is 2. The molecule has 2 aromatic heterocycles. The number of fused-ring (bicyclic) bond motifs is 1. The monoisotopic (exact) mass is 319 g/mol. The van der Waals surface area contributed by atoms with Gasteiger partial charge in [0.15, 0.2) is 0 Å². The SMILES string of the molecule is Cc1cc(C(=O)N[C@H](C)Cc2cccnc2)c2cccc(C)c2n1.